The Labute approximate surface area is 144 Å². The monoisotopic (exact) mass is 348 g/mol. The van der Waals surface area contributed by atoms with Crippen LogP contribution in [0, 0.1) is 0 Å². The van der Waals surface area contributed by atoms with E-state index in [0.717, 1.165) is 12.1 Å². The maximum atomic E-state index is 12.9. The molecule has 1 saturated heterocycles. The Bertz CT molecular complexity index is 744. The highest BCUT2D eigenvalue weighted by Crippen LogP contribution is 2.30. The molecule has 0 bridgehead atoms. The van der Waals surface area contributed by atoms with E-state index in [1.807, 2.05) is 29.2 Å². The molecule has 6 heteroatoms. The molecule has 1 amide bonds. The van der Waals surface area contributed by atoms with E-state index in [1.54, 1.807) is 11.4 Å². The first-order valence-electron chi connectivity index (χ1n) is 7.43. The summed E-state index contributed by atoms with van der Waals surface area (Å²) < 4.78 is 0. The minimum atomic E-state index is -0.104. The molecule has 3 rings (SSSR count). The second-order valence-corrected chi connectivity index (χ2v) is 6.81. The van der Waals surface area contributed by atoms with Crippen molar-refractivity contribution in [1.29, 1.82) is 0 Å². The van der Waals surface area contributed by atoms with Crippen LogP contribution < -0.4 is 5.32 Å². The number of carbonyl (C=O) groups is 2. The number of amides is 1. The van der Waals surface area contributed by atoms with E-state index >= 15 is 0 Å². The Kier molecular flexibility index (Phi) is 4.80. The van der Waals surface area contributed by atoms with Gasteiger partial charge in [-0.1, -0.05) is 29.8 Å². The molecule has 23 heavy (non-hydrogen) atoms. The van der Waals surface area contributed by atoms with Gasteiger partial charge in [0.1, 0.15) is 0 Å². The van der Waals surface area contributed by atoms with Crippen molar-refractivity contribution in [2.24, 2.45) is 0 Å². The number of thiophene rings is 1. The fourth-order valence-corrected chi connectivity index (χ4v) is 3.91. The predicted molar refractivity (Wildman–Crippen MR) is 92.4 cm³/mol. The summed E-state index contributed by atoms with van der Waals surface area (Å²) in [5.41, 5.74) is 1.53. The molecule has 2 heterocycles. The van der Waals surface area contributed by atoms with Crippen LogP contribution in [0.4, 0.5) is 0 Å². The third-order valence-electron chi connectivity index (χ3n) is 3.99. The van der Waals surface area contributed by atoms with Crippen LogP contribution in [0.25, 0.3) is 0 Å². The SMILES string of the molecule is CC(=O)c1csc(C(=O)N2CCNCC2c2ccccc2Cl)c1. The van der Waals surface area contributed by atoms with Crippen LogP contribution in [0.15, 0.2) is 35.7 Å². The quantitative estimate of drug-likeness (QED) is 0.865. The van der Waals surface area contributed by atoms with E-state index in [4.69, 9.17) is 11.6 Å². The lowest BCUT2D eigenvalue weighted by atomic mass is 10.0. The van der Waals surface area contributed by atoms with E-state index in [9.17, 15) is 9.59 Å². The fourth-order valence-electron chi connectivity index (χ4n) is 2.75. The number of ketones is 1. The molecule has 1 fully saturated rings. The second-order valence-electron chi connectivity index (χ2n) is 5.50. The number of carbonyl (C=O) groups excluding carboxylic acids is 2. The summed E-state index contributed by atoms with van der Waals surface area (Å²) in [4.78, 5) is 26.8. The van der Waals surface area contributed by atoms with Crippen molar-refractivity contribution in [1.82, 2.24) is 10.2 Å². The number of benzene rings is 1. The summed E-state index contributed by atoms with van der Waals surface area (Å²) >= 11 is 7.63. The first kappa shape index (κ1) is 16.2. The summed E-state index contributed by atoms with van der Waals surface area (Å²) in [6.07, 6.45) is 0. The summed E-state index contributed by atoms with van der Waals surface area (Å²) in [5, 5.41) is 5.72. The average molecular weight is 349 g/mol. The molecule has 1 aromatic carbocycles. The molecular weight excluding hydrogens is 332 g/mol. The summed E-state index contributed by atoms with van der Waals surface area (Å²) in [6.45, 7) is 3.54. The van der Waals surface area contributed by atoms with Crippen LogP contribution in [0.1, 0.15) is 38.6 Å². The lowest BCUT2D eigenvalue weighted by molar-refractivity contribution is 0.0639. The van der Waals surface area contributed by atoms with Crippen molar-refractivity contribution in [3.63, 3.8) is 0 Å². The zero-order valence-corrected chi connectivity index (χ0v) is 14.3. The Balaban J connectivity index is 1.90. The molecule has 4 nitrogen and oxygen atoms in total. The van der Waals surface area contributed by atoms with E-state index < -0.39 is 0 Å². The van der Waals surface area contributed by atoms with Gasteiger partial charge in [-0.2, -0.15) is 0 Å². The Morgan fingerprint density at radius 2 is 2.13 bits per heavy atom. The zero-order valence-electron chi connectivity index (χ0n) is 12.7. The van der Waals surface area contributed by atoms with Crippen LogP contribution in [-0.4, -0.2) is 36.2 Å². The Morgan fingerprint density at radius 1 is 1.35 bits per heavy atom. The van der Waals surface area contributed by atoms with Gasteiger partial charge in [0.2, 0.25) is 0 Å². The summed E-state index contributed by atoms with van der Waals surface area (Å²) in [6, 6.07) is 9.18. The maximum absolute atomic E-state index is 12.9. The van der Waals surface area contributed by atoms with Crippen LogP contribution in [-0.2, 0) is 0 Å². The van der Waals surface area contributed by atoms with Gasteiger partial charge in [0.15, 0.2) is 5.78 Å². The number of halogens is 1. The first-order chi connectivity index (χ1) is 11.1. The lowest BCUT2D eigenvalue weighted by Gasteiger charge is -2.36. The van der Waals surface area contributed by atoms with Crippen molar-refractivity contribution < 1.29 is 9.59 Å². The van der Waals surface area contributed by atoms with Gasteiger partial charge >= 0.3 is 0 Å². The fraction of sp³-hybridized carbons (Fsp3) is 0.294. The number of hydrogen-bond donors (Lipinski definition) is 1. The first-order valence-corrected chi connectivity index (χ1v) is 8.69. The molecule has 1 atom stereocenters. The van der Waals surface area contributed by atoms with E-state index in [1.165, 1.54) is 18.3 Å². The molecule has 0 radical (unpaired) electrons. The minimum absolute atomic E-state index is 0.0248. The summed E-state index contributed by atoms with van der Waals surface area (Å²) in [5.74, 6) is -0.0721. The third kappa shape index (κ3) is 3.32. The van der Waals surface area contributed by atoms with Crippen LogP contribution in [0.5, 0.6) is 0 Å². The molecule has 0 spiro atoms. The van der Waals surface area contributed by atoms with Gasteiger partial charge in [-0.05, 0) is 24.6 Å². The Morgan fingerprint density at radius 3 is 2.83 bits per heavy atom. The van der Waals surface area contributed by atoms with Crippen LogP contribution >= 0.6 is 22.9 Å². The van der Waals surface area contributed by atoms with E-state index in [-0.39, 0.29) is 17.7 Å². The van der Waals surface area contributed by atoms with Crippen molar-refractivity contribution in [2.75, 3.05) is 19.6 Å². The standard InChI is InChI=1S/C17H17ClN2O2S/c1-11(21)12-8-16(23-10-12)17(22)20-7-6-19-9-15(20)13-4-2-3-5-14(13)18/h2-5,8,10,15,19H,6-7,9H2,1H3. The molecule has 1 aliphatic rings. The minimum Gasteiger partial charge on any atom is -0.328 e. The number of nitrogens with one attached hydrogen (secondary N) is 1. The van der Waals surface area contributed by atoms with Gasteiger partial charge < -0.3 is 10.2 Å². The average Bonchev–Trinajstić information content (AvgIpc) is 3.05. The highest BCUT2D eigenvalue weighted by Gasteiger charge is 2.30. The smallest absolute Gasteiger partial charge is 0.264 e. The van der Waals surface area contributed by atoms with Crippen LogP contribution in [0.2, 0.25) is 5.02 Å². The van der Waals surface area contributed by atoms with Gasteiger partial charge in [-0.25, -0.2) is 0 Å². The number of Topliss-reactive ketones (excluding diaryl/α,β-unsaturated/α-hetero) is 1. The van der Waals surface area contributed by atoms with Gasteiger partial charge in [0.25, 0.3) is 5.91 Å². The van der Waals surface area contributed by atoms with Gasteiger partial charge in [-0.15, -0.1) is 11.3 Å². The van der Waals surface area contributed by atoms with Gasteiger partial charge in [0, 0.05) is 35.6 Å². The molecule has 0 aliphatic carbocycles. The molecule has 0 saturated carbocycles. The van der Waals surface area contributed by atoms with Gasteiger partial charge in [0.05, 0.1) is 10.9 Å². The number of nitrogens with zero attached hydrogens (tertiary/aromatic N) is 1. The highest BCUT2D eigenvalue weighted by molar-refractivity contribution is 7.12. The molecule has 1 aliphatic heterocycles. The predicted octanol–water partition coefficient (Wildman–Crippen LogP) is 3.39. The molecule has 1 N–H and O–H groups in total. The molecule has 2 aromatic rings. The largest absolute Gasteiger partial charge is 0.328 e. The zero-order chi connectivity index (χ0) is 16.4. The maximum Gasteiger partial charge on any atom is 0.264 e. The van der Waals surface area contributed by atoms with Crippen LogP contribution in [0.3, 0.4) is 0 Å². The van der Waals surface area contributed by atoms with Crippen molar-refractivity contribution in [3.05, 3.63) is 56.7 Å². The molecular formula is C17H17ClN2O2S. The van der Waals surface area contributed by atoms with Crippen molar-refractivity contribution in [3.8, 4) is 0 Å². The third-order valence-corrected chi connectivity index (χ3v) is 5.25. The number of hydrogen-bond acceptors (Lipinski definition) is 4. The molecule has 1 aromatic heterocycles. The lowest BCUT2D eigenvalue weighted by Crippen LogP contribution is -2.48. The van der Waals surface area contributed by atoms with E-state index in [2.05, 4.69) is 5.32 Å². The number of piperazine rings is 1. The van der Waals surface area contributed by atoms with Crippen molar-refractivity contribution in [2.45, 2.75) is 13.0 Å². The highest BCUT2D eigenvalue weighted by atomic mass is 35.5. The number of rotatable bonds is 3. The summed E-state index contributed by atoms with van der Waals surface area (Å²) in [7, 11) is 0. The Hall–Kier alpha value is -1.69. The molecule has 1 unspecified atom stereocenters. The topological polar surface area (TPSA) is 49.4 Å². The second kappa shape index (κ2) is 6.83. The normalized spacial score (nSPS) is 18.0. The van der Waals surface area contributed by atoms with E-state index in [0.29, 0.717) is 28.6 Å². The van der Waals surface area contributed by atoms with Gasteiger partial charge in [-0.3, -0.25) is 9.59 Å². The molecule has 120 valence electrons. The van der Waals surface area contributed by atoms with Crippen molar-refractivity contribution >= 4 is 34.6 Å².